The lowest BCUT2D eigenvalue weighted by molar-refractivity contribution is 1.36. The summed E-state index contributed by atoms with van der Waals surface area (Å²) in [6.45, 7) is 0. The zero-order valence-corrected chi connectivity index (χ0v) is 9.14. The number of allylic oxidation sites excluding steroid dienone is 1. The average molecular weight is 257 g/mol. The van der Waals surface area contributed by atoms with E-state index in [9.17, 15) is 0 Å². The number of halogens is 2. The summed E-state index contributed by atoms with van der Waals surface area (Å²) in [5.41, 5.74) is 0.995. The molecule has 0 saturated heterocycles. The van der Waals surface area contributed by atoms with Crippen LogP contribution in [0.15, 0.2) is 28.7 Å². The SMILES string of the molecule is N#CCC=Cc1cc(Cl)cc(Br)c1. The Morgan fingerprint density at radius 3 is 2.85 bits per heavy atom. The minimum atomic E-state index is 0.421. The molecule has 1 aromatic rings. The summed E-state index contributed by atoms with van der Waals surface area (Å²) < 4.78 is 0.941. The number of hydrogen-bond donors (Lipinski definition) is 0. The highest BCUT2D eigenvalue weighted by atomic mass is 79.9. The third-order valence-corrected chi connectivity index (χ3v) is 2.08. The maximum atomic E-state index is 8.32. The highest BCUT2D eigenvalue weighted by Crippen LogP contribution is 2.20. The molecule has 13 heavy (non-hydrogen) atoms. The lowest BCUT2D eigenvalue weighted by atomic mass is 10.2. The van der Waals surface area contributed by atoms with E-state index >= 15 is 0 Å². The quantitative estimate of drug-likeness (QED) is 0.784. The van der Waals surface area contributed by atoms with Crippen LogP contribution in [0.2, 0.25) is 5.02 Å². The van der Waals surface area contributed by atoms with Crippen LogP contribution in [0, 0.1) is 11.3 Å². The molecule has 0 spiro atoms. The Bertz CT molecular complexity index is 345. The molecule has 66 valence electrons. The normalized spacial score (nSPS) is 10.2. The molecular formula is C10H7BrClN. The zero-order chi connectivity index (χ0) is 9.68. The molecule has 0 aliphatic rings. The minimum absolute atomic E-state index is 0.421. The lowest BCUT2D eigenvalue weighted by Gasteiger charge is -1.96. The van der Waals surface area contributed by atoms with Crippen LogP contribution < -0.4 is 0 Å². The first-order valence-electron chi connectivity index (χ1n) is 3.72. The van der Waals surface area contributed by atoms with Crippen molar-refractivity contribution in [2.75, 3.05) is 0 Å². The van der Waals surface area contributed by atoms with E-state index in [2.05, 4.69) is 15.9 Å². The Kier molecular flexibility index (Phi) is 4.01. The van der Waals surface area contributed by atoms with Gasteiger partial charge in [0.2, 0.25) is 0 Å². The molecule has 1 nitrogen and oxygen atoms in total. The van der Waals surface area contributed by atoms with Gasteiger partial charge in [-0.05, 0) is 23.8 Å². The van der Waals surface area contributed by atoms with Gasteiger partial charge in [-0.25, -0.2) is 0 Å². The topological polar surface area (TPSA) is 23.8 Å². The summed E-state index contributed by atoms with van der Waals surface area (Å²) in [5, 5.41) is 9.00. The molecule has 0 bridgehead atoms. The monoisotopic (exact) mass is 255 g/mol. The van der Waals surface area contributed by atoms with Gasteiger partial charge in [0, 0.05) is 9.50 Å². The van der Waals surface area contributed by atoms with E-state index in [4.69, 9.17) is 16.9 Å². The van der Waals surface area contributed by atoms with Crippen molar-refractivity contribution in [1.82, 2.24) is 0 Å². The summed E-state index contributed by atoms with van der Waals surface area (Å²) in [6, 6.07) is 7.65. The van der Waals surface area contributed by atoms with Gasteiger partial charge in [-0.1, -0.05) is 39.7 Å². The first-order valence-corrected chi connectivity index (χ1v) is 4.89. The van der Waals surface area contributed by atoms with Crippen molar-refractivity contribution in [1.29, 1.82) is 5.26 Å². The number of rotatable bonds is 2. The molecule has 0 saturated carbocycles. The van der Waals surface area contributed by atoms with Crippen LogP contribution in [-0.4, -0.2) is 0 Å². The zero-order valence-electron chi connectivity index (χ0n) is 6.80. The van der Waals surface area contributed by atoms with Crippen molar-refractivity contribution < 1.29 is 0 Å². The van der Waals surface area contributed by atoms with Gasteiger partial charge < -0.3 is 0 Å². The van der Waals surface area contributed by atoms with Crippen LogP contribution in [0.25, 0.3) is 6.08 Å². The smallest absolute Gasteiger partial charge is 0.0663 e. The van der Waals surface area contributed by atoms with E-state index < -0.39 is 0 Å². The second-order valence-electron chi connectivity index (χ2n) is 2.47. The van der Waals surface area contributed by atoms with Crippen molar-refractivity contribution in [2.24, 2.45) is 0 Å². The van der Waals surface area contributed by atoms with E-state index in [0.29, 0.717) is 11.4 Å². The van der Waals surface area contributed by atoms with Gasteiger partial charge >= 0.3 is 0 Å². The van der Waals surface area contributed by atoms with Crippen LogP contribution >= 0.6 is 27.5 Å². The van der Waals surface area contributed by atoms with Gasteiger partial charge in [0.1, 0.15) is 0 Å². The predicted molar refractivity (Wildman–Crippen MR) is 58.4 cm³/mol. The molecular weight excluding hydrogens is 249 g/mol. The molecule has 3 heteroatoms. The van der Waals surface area contributed by atoms with Crippen LogP contribution in [-0.2, 0) is 0 Å². The van der Waals surface area contributed by atoms with E-state index in [1.807, 2.05) is 30.3 Å². The van der Waals surface area contributed by atoms with Crippen molar-refractivity contribution in [3.05, 3.63) is 39.3 Å². The Balaban J connectivity index is 2.84. The molecule has 0 aliphatic carbocycles. The van der Waals surface area contributed by atoms with Crippen molar-refractivity contribution in [2.45, 2.75) is 6.42 Å². The van der Waals surface area contributed by atoms with E-state index in [-0.39, 0.29) is 0 Å². The molecule has 1 aromatic carbocycles. The fourth-order valence-corrected chi connectivity index (χ4v) is 1.81. The van der Waals surface area contributed by atoms with Crippen molar-refractivity contribution in [3.63, 3.8) is 0 Å². The third kappa shape index (κ3) is 3.63. The highest BCUT2D eigenvalue weighted by molar-refractivity contribution is 9.10. The Hall–Kier alpha value is -0.780. The van der Waals surface area contributed by atoms with Gasteiger partial charge in [0.25, 0.3) is 0 Å². The third-order valence-electron chi connectivity index (χ3n) is 1.40. The summed E-state index contributed by atoms with van der Waals surface area (Å²) >= 11 is 9.17. The molecule has 0 aliphatic heterocycles. The van der Waals surface area contributed by atoms with Gasteiger partial charge in [-0.3, -0.25) is 0 Å². The van der Waals surface area contributed by atoms with Crippen LogP contribution in [0.1, 0.15) is 12.0 Å². The first kappa shape index (κ1) is 10.3. The summed E-state index contributed by atoms with van der Waals surface area (Å²) in [5.74, 6) is 0. The molecule has 0 heterocycles. The standard InChI is InChI=1S/C10H7BrClN/c11-9-5-8(3-1-2-4-13)6-10(12)7-9/h1,3,5-7H,2H2. The van der Waals surface area contributed by atoms with E-state index in [1.54, 1.807) is 6.08 Å². The van der Waals surface area contributed by atoms with Gasteiger partial charge in [-0.2, -0.15) is 5.26 Å². The maximum absolute atomic E-state index is 8.32. The second-order valence-corrected chi connectivity index (χ2v) is 3.82. The highest BCUT2D eigenvalue weighted by Gasteiger charge is 1.93. The average Bonchev–Trinajstić information content (AvgIpc) is 2.03. The molecule has 0 atom stereocenters. The summed E-state index contributed by atoms with van der Waals surface area (Å²) in [7, 11) is 0. The fraction of sp³-hybridized carbons (Fsp3) is 0.100. The second kappa shape index (κ2) is 5.06. The molecule has 0 unspecified atom stereocenters. The molecule has 0 N–H and O–H groups in total. The molecule has 0 aromatic heterocycles. The maximum Gasteiger partial charge on any atom is 0.0663 e. The first-order chi connectivity index (χ1) is 6.22. The minimum Gasteiger partial charge on any atom is -0.198 e. The lowest BCUT2D eigenvalue weighted by Crippen LogP contribution is -1.73. The number of nitrogens with zero attached hydrogens (tertiary/aromatic N) is 1. The summed E-state index contributed by atoms with van der Waals surface area (Å²) in [6.07, 6.45) is 4.10. The number of benzene rings is 1. The van der Waals surface area contributed by atoms with Crippen molar-refractivity contribution in [3.8, 4) is 6.07 Å². The van der Waals surface area contributed by atoms with E-state index in [1.165, 1.54) is 0 Å². The Labute approximate surface area is 90.8 Å². The molecule has 0 radical (unpaired) electrons. The van der Waals surface area contributed by atoms with Crippen LogP contribution in [0.3, 0.4) is 0 Å². The number of hydrogen-bond acceptors (Lipinski definition) is 1. The van der Waals surface area contributed by atoms with Gasteiger partial charge in [0.15, 0.2) is 0 Å². The van der Waals surface area contributed by atoms with Gasteiger partial charge in [0.05, 0.1) is 12.5 Å². The molecule has 0 amide bonds. The predicted octanol–water partition coefficient (Wildman–Crippen LogP) is 4.03. The Morgan fingerprint density at radius 2 is 2.23 bits per heavy atom. The summed E-state index contributed by atoms with van der Waals surface area (Å²) in [4.78, 5) is 0. The van der Waals surface area contributed by atoms with Crippen LogP contribution in [0.5, 0.6) is 0 Å². The van der Waals surface area contributed by atoms with Crippen LogP contribution in [0.4, 0.5) is 0 Å². The largest absolute Gasteiger partial charge is 0.198 e. The van der Waals surface area contributed by atoms with Crippen molar-refractivity contribution >= 4 is 33.6 Å². The molecule has 0 fully saturated rings. The fourth-order valence-electron chi connectivity index (χ4n) is 0.919. The molecule has 1 rings (SSSR count). The van der Waals surface area contributed by atoms with E-state index in [0.717, 1.165) is 10.0 Å². The Morgan fingerprint density at radius 1 is 1.46 bits per heavy atom. The van der Waals surface area contributed by atoms with Gasteiger partial charge in [-0.15, -0.1) is 0 Å². The number of nitriles is 1.